The average Bonchev–Trinajstić information content (AvgIpc) is 2.78. The summed E-state index contributed by atoms with van der Waals surface area (Å²) in [5.41, 5.74) is 0. The second-order valence-corrected chi connectivity index (χ2v) is 7.65. The predicted octanol–water partition coefficient (Wildman–Crippen LogP) is 1.58. The van der Waals surface area contributed by atoms with Gasteiger partial charge in [0.25, 0.3) is 0 Å². The molecule has 4 nitrogen and oxygen atoms in total. The zero-order valence-corrected chi connectivity index (χ0v) is 13.7. The number of morpholine rings is 1. The molecule has 0 amide bonds. The van der Waals surface area contributed by atoms with E-state index >= 15 is 0 Å². The molecule has 4 heteroatoms. The first kappa shape index (κ1) is 15.7. The van der Waals surface area contributed by atoms with E-state index in [0.717, 1.165) is 38.0 Å². The molecule has 2 heterocycles. The number of hydrogen-bond donors (Lipinski definition) is 1. The Bertz CT molecular complexity index is 315. The van der Waals surface area contributed by atoms with Crippen molar-refractivity contribution >= 4 is 0 Å². The summed E-state index contributed by atoms with van der Waals surface area (Å²) >= 11 is 0. The van der Waals surface area contributed by atoms with Crippen molar-refractivity contribution in [3.8, 4) is 0 Å². The highest BCUT2D eigenvalue weighted by molar-refractivity contribution is 4.88. The van der Waals surface area contributed by atoms with Gasteiger partial charge in [-0.1, -0.05) is 12.8 Å². The van der Waals surface area contributed by atoms with Crippen LogP contribution in [0.4, 0.5) is 0 Å². The predicted molar refractivity (Wildman–Crippen MR) is 84.3 cm³/mol. The Morgan fingerprint density at radius 3 is 1.90 bits per heavy atom. The highest BCUT2D eigenvalue weighted by Gasteiger charge is 2.35. The minimum atomic E-state index is -0.220. The monoisotopic (exact) mass is 296 g/mol. The maximum Gasteiger partial charge on any atom is 0.0793 e. The number of β-amino-alcohol motifs (C(OH)–C–C–N with tert-alkyl or cyclic N) is 1. The maximum atomic E-state index is 10.4. The Morgan fingerprint density at radius 1 is 0.905 bits per heavy atom. The van der Waals surface area contributed by atoms with Crippen LogP contribution in [0.2, 0.25) is 0 Å². The number of aliphatic hydroxyl groups excluding tert-OH is 1. The Kier molecular flexibility index (Phi) is 5.20. The topological polar surface area (TPSA) is 35.9 Å². The number of nitrogens with zero attached hydrogens (tertiary/aromatic N) is 2. The minimum Gasteiger partial charge on any atom is -0.390 e. The molecule has 1 saturated carbocycles. The molecule has 5 unspecified atom stereocenters. The highest BCUT2D eigenvalue weighted by atomic mass is 16.5. The van der Waals surface area contributed by atoms with Gasteiger partial charge in [0.1, 0.15) is 0 Å². The molecule has 122 valence electrons. The van der Waals surface area contributed by atoms with Crippen molar-refractivity contribution in [2.45, 2.75) is 57.8 Å². The first-order valence-electron chi connectivity index (χ1n) is 8.88. The van der Waals surface area contributed by atoms with E-state index in [1.54, 1.807) is 0 Å². The van der Waals surface area contributed by atoms with Crippen LogP contribution in [0.3, 0.4) is 0 Å². The van der Waals surface area contributed by atoms with E-state index in [9.17, 15) is 5.11 Å². The quantitative estimate of drug-likeness (QED) is 0.854. The molecule has 3 rings (SSSR count). The average molecular weight is 296 g/mol. The fourth-order valence-corrected chi connectivity index (χ4v) is 4.74. The fourth-order valence-electron chi connectivity index (χ4n) is 4.74. The van der Waals surface area contributed by atoms with Crippen molar-refractivity contribution in [2.75, 3.05) is 39.3 Å². The number of ether oxygens (including phenoxy) is 1. The van der Waals surface area contributed by atoms with Crippen molar-refractivity contribution in [3.63, 3.8) is 0 Å². The summed E-state index contributed by atoms with van der Waals surface area (Å²) in [6.45, 7) is 10.2. The van der Waals surface area contributed by atoms with Gasteiger partial charge in [0, 0.05) is 39.3 Å². The maximum absolute atomic E-state index is 10.4. The van der Waals surface area contributed by atoms with Crippen LogP contribution in [0.5, 0.6) is 0 Å². The van der Waals surface area contributed by atoms with Gasteiger partial charge in [-0.2, -0.15) is 0 Å². The molecule has 1 N–H and O–H groups in total. The molecular weight excluding hydrogens is 264 g/mol. The Labute approximate surface area is 129 Å². The van der Waals surface area contributed by atoms with Crippen molar-refractivity contribution in [3.05, 3.63) is 0 Å². The van der Waals surface area contributed by atoms with E-state index < -0.39 is 0 Å². The van der Waals surface area contributed by atoms with E-state index in [1.807, 2.05) is 0 Å². The lowest BCUT2D eigenvalue weighted by atomic mass is 9.82. The third-order valence-electron chi connectivity index (χ3n) is 5.49. The molecule has 3 fully saturated rings. The molecule has 5 atom stereocenters. The lowest BCUT2D eigenvalue weighted by Crippen LogP contribution is -2.49. The van der Waals surface area contributed by atoms with Crippen LogP contribution in [0.1, 0.15) is 39.5 Å². The molecular formula is C17H32N2O2. The number of likely N-dealkylation sites (tertiary alicyclic amines) is 1. The summed E-state index contributed by atoms with van der Waals surface area (Å²) in [5, 5.41) is 10.4. The van der Waals surface area contributed by atoms with E-state index in [0.29, 0.717) is 0 Å². The lowest BCUT2D eigenvalue weighted by Gasteiger charge is -2.36. The van der Waals surface area contributed by atoms with Gasteiger partial charge in [-0.15, -0.1) is 0 Å². The third kappa shape index (κ3) is 4.19. The summed E-state index contributed by atoms with van der Waals surface area (Å²) in [6.07, 6.45) is 6.02. The molecule has 0 aromatic heterocycles. The molecule has 2 aliphatic heterocycles. The molecule has 0 radical (unpaired) electrons. The van der Waals surface area contributed by atoms with Crippen molar-refractivity contribution < 1.29 is 9.84 Å². The Hall–Kier alpha value is -0.160. The van der Waals surface area contributed by atoms with Gasteiger partial charge in [0.15, 0.2) is 0 Å². The highest BCUT2D eigenvalue weighted by Crippen LogP contribution is 2.35. The van der Waals surface area contributed by atoms with Gasteiger partial charge in [0.05, 0.1) is 18.3 Å². The van der Waals surface area contributed by atoms with Crippen LogP contribution in [-0.4, -0.2) is 72.5 Å². The van der Waals surface area contributed by atoms with Gasteiger partial charge in [-0.3, -0.25) is 4.90 Å². The number of fused-ring (bicyclic) bond motifs is 1. The zero-order chi connectivity index (χ0) is 14.8. The van der Waals surface area contributed by atoms with Crippen LogP contribution in [0.15, 0.2) is 0 Å². The molecule has 0 bridgehead atoms. The van der Waals surface area contributed by atoms with E-state index in [2.05, 4.69) is 23.6 Å². The van der Waals surface area contributed by atoms with Gasteiger partial charge in [-0.25, -0.2) is 0 Å². The third-order valence-corrected chi connectivity index (χ3v) is 5.49. The van der Waals surface area contributed by atoms with Gasteiger partial charge in [-0.05, 0) is 38.5 Å². The first-order valence-corrected chi connectivity index (χ1v) is 8.88. The van der Waals surface area contributed by atoms with Crippen LogP contribution in [0, 0.1) is 11.8 Å². The first-order chi connectivity index (χ1) is 10.1. The van der Waals surface area contributed by atoms with Crippen molar-refractivity contribution in [1.29, 1.82) is 0 Å². The van der Waals surface area contributed by atoms with Crippen LogP contribution >= 0.6 is 0 Å². The zero-order valence-electron chi connectivity index (χ0n) is 13.7. The summed E-state index contributed by atoms with van der Waals surface area (Å²) in [5.74, 6) is 1.82. The minimum absolute atomic E-state index is 0.220. The number of rotatable bonds is 4. The SMILES string of the molecule is CC1CN(CC(O)CN2CC3CCCCC3C2)CC(C)O1. The Balaban J connectivity index is 1.43. The summed E-state index contributed by atoms with van der Waals surface area (Å²) in [4.78, 5) is 4.88. The van der Waals surface area contributed by atoms with Gasteiger partial charge >= 0.3 is 0 Å². The largest absolute Gasteiger partial charge is 0.390 e. The Morgan fingerprint density at radius 2 is 1.38 bits per heavy atom. The van der Waals surface area contributed by atoms with Crippen LogP contribution < -0.4 is 0 Å². The molecule has 1 aliphatic carbocycles. The van der Waals surface area contributed by atoms with Crippen molar-refractivity contribution in [1.82, 2.24) is 9.80 Å². The standard InChI is InChI=1S/C17H32N2O2/c1-13-7-18(8-14(2)21-13)11-17(20)12-19-9-15-5-3-4-6-16(15)10-19/h13-17,20H,3-12H2,1-2H3. The molecule has 0 aromatic carbocycles. The fraction of sp³-hybridized carbons (Fsp3) is 1.00. The second kappa shape index (κ2) is 6.95. The van der Waals surface area contributed by atoms with E-state index in [-0.39, 0.29) is 18.3 Å². The molecule has 21 heavy (non-hydrogen) atoms. The molecule has 2 saturated heterocycles. The number of hydrogen-bond acceptors (Lipinski definition) is 4. The molecule has 3 aliphatic rings. The van der Waals surface area contributed by atoms with Gasteiger partial charge in [0.2, 0.25) is 0 Å². The van der Waals surface area contributed by atoms with Crippen LogP contribution in [-0.2, 0) is 4.74 Å². The molecule has 0 aromatic rings. The smallest absolute Gasteiger partial charge is 0.0793 e. The lowest BCUT2D eigenvalue weighted by molar-refractivity contribution is -0.0777. The normalized spacial score (nSPS) is 40.1. The molecule has 0 spiro atoms. The van der Waals surface area contributed by atoms with Gasteiger partial charge < -0.3 is 14.7 Å². The second-order valence-electron chi connectivity index (χ2n) is 7.65. The van der Waals surface area contributed by atoms with E-state index in [4.69, 9.17) is 4.74 Å². The van der Waals surface area contributed by atoms with Crippen LogP contribution in [0.25, 0.3) is 0 Å². The number of aliphatic hydroxyl groups is 1. The summed E-state index contributed by atoms with van der Waals surface area (Å²) in [7, 11) is 0. The summed E-state index contributed by atoms with van der Waals surface area (Å²) < 4.78 is 5.76. The van der Waals surface area contributed by atoms with Crippen molar-refractivity contribution in [2.24, 2.45) is 11.8 Å². The summed E-state index contributed by atoms with van der Waals surface area (Å²) in [6, 6.07) is 0. The van der Waals surface area contributed by atoms with E-state index in [1.165, 1.54) is 38.8 Å².